The molecule has 4 heteroatoms. The zero-order valence-corrected chi connectivity index (χ0v) is 8.57. The number of rotatable bonds is 5. The van der Waals surface area contributed by atoms with Gasteiger partial charge in [0.25, 0.3) is 0 Å². The molecule has 1 rings (SSSR count). The van der Waals surface area contributed by atoms with Gasteiger partial charge in [-0.2, -0.15) is 0 Å². The van der Waals surface area contributed by atoms with Crippen LogP contribution in [0.4, 0.5) is 0 Å². The second kappa shape index (κ2) is 6.11. The average Bonchev–Trinajstić information content (AvgIpc) is 2.18. The Bertz CT molecular complexity index is 181. The molecule has 0 bridgehead atoms. The topological polar surface area (TPSA) is 55.8 Å². The third-order valence-corrected chi connectivity index (χ3v) is 2.34. The van der Waals surface area contributed by atoms with Gasteiger partial charge in [-0.1, -0.05) is 0 Å². The second-order valence-corrected chi connectivity index (χ2v) is 3.54. The van der Waals surface area contributed by atoms with E-state index in [-0.39, 0.29) is 11.7 Å². The van der Waals surface area contributed by atoms with Crippen molar-refractivity contribution < 1.29 is 19.4 Å². The van der Waals surface area contributed by atoms with Gasteiger partial charge < -0.3 is 14.6 Å². The van der Waals surface area contributed by atoms with Crippen LogP contribution in [-0.2, 0) is 14.3 Å². The first-order valence-electron chi connectivity index (χ1n) is 5.10. The molecule has 0 radical (unpaired) electrons. The van der Waals surface area contributed by atoms with Gasteiger partial charge in [0.1, 0.15) is 5.78 Å². The highest BCUT2D eigenvalue weighted by atomic mass is 16.5. The molecule has 1 fully saturated rings. The van der Waals surface area contributed by atoms with E-state index in [9.17, 15) is 9.90 Å². The van der Waals surface area contributed by atoms with E-state index < -0.39 is 6.10 Å². The highest BCUT2D eigenvalue weighted by molar-refractivity contribution is 5.81. The molecule has 0 saturated carbocycles. The van der Waals surface area contributed by atoms with Gasteiger partial charge in [0.05, 0.1) is 25.9 Å². The van der Waals surface area contributed by atoms with Crippen LogP contribution in [0.2, 0.25) is 0 Å². The van der Waals surface area contributed by atoms with Crippen molar-refractivity contribution in [2.75, 3.05) is 26.4 Å². The molecule has 82 valence electrons. The molecule has 0 spiro atoms. The number of carbonyl (C=O) groups excluding carboxylic acids is 1. The number of hydrogen-bond acceptors (Lipinski definition) is 4. The number of ether oxygens (including phenoxy) is 2. The van der Waals surface area contributed by atoms with Gasteiger partial charge in [-0.05, 0) is 13.3 Å². The fourth-order valence-corrected chi connectivity index (χ4v) is 1.55. The summed E-state index contributed by atoms with van der Waals surface area (Å²) in [5.41, 5.74) is 0. The van der Waals surface area contributed by atoms with Crippen molar-refractivity contribution >= 4 is 5.78 Å². The number of carbonyl (C=O) groups is 1. The van der Waals surface area contributed by atoms with Crippen LogP contribution in [0.5, 0.6) is 0 Å². The third-order valence-electron chi connectivity index (χ3n) is 2.34. The molecule has 1 aliphatic rings. The summed E-state index contributed by atoms with van der Waals surface area (Å²) in [5.74, 6) is 0.0611. The molecule has 1 N–H and O–H groups in total. The molecular formula is C10H18O4. The van der Waals surface area contributed by atoms with Crippen molar-refractivity contribution in [3.05, 3.63) is 0 Å². The average molecular weight is 202 g/mol. The molecule has 0 amide bonds. The largest absolute Gasteiger partial charge is 0.391 e. The lowest BCUT2D eigenvalue weighted by Crippen LogP contribution is -2.32. The van der Waals surface area contributed by atoms with E-state index in [1.165, 1.54) is 0 Å². The molecule has 0 aromatic heterocycles. The normalized spacial score (nSPS) is 25.0. The molecule has 1 saturated heterocycles. The third kappa shape index (κ3) is 3.74. The van der Waals surface area contributed by atoms with Crippen LogP contribution in [0.3, 0.4) is 0 Å². The predicted molar refractivity (Wildman–Crippen MR) is 51.0 cm³/mol. The minimum Gasteiger partial charge on any atom is -0.391 e. The van der Waals surface area contributed by atoms with Crippen LogP contribution < -0.4 is 0 Å². The summed E-state index contributed by atoms with van der Waals surface area (Å²) in [5, 5.41) is 9.52. The summed E-state index contributed by atoms with van der Waals surface area (Å²) < 4.78 is 10.3. The minimum absolute atomic E-state index is 0.140. The maximum absolute atomic E-state index is 11.4. The van der Waals surface area contributed by atoms with Crippen LogP contribution in [0.25, 0.3) is 0 Å². The van der Waals surface area contributed by atoms with Gasteiger partial charge in [0.15, 0.2) is 0 Å². The van der Waals surface area contributed by atoms with Crippen LogP contribution in [0, 0.1) is 5.92 Å². The van der Waals surface area contributed by atoms with Crippen molar-refractivity contribution in [3.63, 3.8) is 0 Å². The number of Topliss-reactive ketones (excluding diaryl/α,β-unsaturated/α-hetero) is 1. The maximum atomic E-state index is 11.4. The Kier molecular flexibility index (Phi) is 5.07. The number of aliphatic hydroxyl groups is 1. The van der Waals surface area contributed by atoms with E-state index in [0.29, 0.717) is 39.3 Å². The van der Waals surface area contributed by atoms with Crippen molar-refractivity contribution in [1.82, 2.24) is 0 Å². The highest BCUT2D eigenvalue weighted by Gasteiger charge is 2.25. The van der Waals surface area contributed by atoms with Crippen molar-refractivity contribution in [1.29, 1.82) is 0 Å². The molecule has 0 aliphatic carbocycles. The molecule has 14 heavy (non-hydrogen) atoms. The Morgan fingerprint density at radius 2 is 2.50 bits per heavy atom. The number of aliphatic hydroxyl groups excluding tert-OH is 1. The van der Waals surface area contributed by atoms with Gasteiger partial charge in [-0.15, -0.1) is 0 Å². The minimum atomic E-state index is -0.550. The SMILES string of the molecule is CCOCC(O)CC1COCCC1=O. The van der Waals surface area contributed by atoms with E-state index in [0.717, 1.165) is 0 Å². The Hall–Kier alpha value is -0.450. The molecule has 0 aromatic carbocycles. The Morgan fingerprint density at radius 3 is 3.14 bits per heavy atom. The lowest BCUT2D eigenvalue weighted by Gasteiger charge is -2.23. The molecular weight excluding hydrogens is 184 g/mol. The monoisotopic (exact) mass is 202 g/mol. The van der Waals surface area contributed by atoms with Crippen molar-refractivity contribution in [2.45, 2.75) is 25.9 Å². The summed E-state index contributed by atoms with van der Waals surface area (Å²) in [6.45, 7) is 3.74. The summed E-state index contributed by atoms with van der Waals surface area (Å²) in [4.78, 5) is 11.4. The molecule has 1 heterocycles. The quantitative estimate of drug-likeness (QED) is 0.700. The van der Waals surface area contributed by atoms with E-state index in [2.05, 4.69) is 0 Å². The van der Waals surface area contributed by atoms with Crippen LogP contribution in [0.15, 0.2) is 0 Å². The van der Waals surface area contributed by atoms with E-state index in [1.54, 1.807) is 0 Å². The zero-order chi connectivity index (χ0) is 10.4. The van der Waals surface area contributed by atoms with E-state index in [1.807, 2.05) is 6.92 Å². The van der Waals surface area contributed by atoms with E-state index >= 15 is 0 Å². The Labute approximate surface area is 84.2 Å². The smallest absolute Gasteiger partial charge is 0.140 e. The summed E-state index contributed by atoms with van der Waals surface area (Å²) in [6, 6.07) is 0. The van der Waals surface area contributed by atoms with E-state index in [4.69, 9.17) is 9.47 Å². The Morgan fingerprint density at radius 1 is 1.71 bits per heavy atom. The molecule has 4 nitrogen and oxygen atoms in total. The fraction of sp³-hybridized carbons (Fsp3) is 0.900. The molecule has 2 atom stereocenters. The number of ketones is 1. The Balaban J connectivity index is 2.23. The highest BCUT2D eigenvalue weighted by Crippen LogP contribution is 2.15. The van der Waals surface area contributed by atoms with Crippen molar-refractivity contribution in [3.8, 4) is 0 Å². The molecule has 2 unspecified atom stereocenters. The van der Waals surface area contributed by atoms with Crippen LogP contribution in [-0.4, -0.2) is 43.4 Å². The first kappa shape index (κ1) is 11.6. The van der Waals surface area contributed by atoms with Crippen LogP contribution >= 0.6 is 0 Å². The van der Waals surface area contributed by atoms with Gasteiger partial charge >= 0.3 is 0 Å². The first-order chi connectivity index (χ1) is 6.74. The second-order valence-electron chi connectivity index (χ2n) is 3.54. The van der Waals surface area contributed by atoms with Crippen LogP contribution in [0.1, 0.15) is 19.8 Å². The first-order valence-corrected chi connectivity index (χ1v) is 5.10. The van der Waals surface area contributed by atoms with Gasteiger partial charge in [-0.3, -0.25) is 4.79 Å². The fourth-order valence-electron chi connectivity index (χ4n) is 1.55. The summed E-state index contributed by atoms with van der Waals surface area (Å²) in [7, 11) is 0. The zero-order valence-electron chi connectivity index (χ0n) is 8.57. The summed E-state index contributed by atoms with van der Waals surface area (Å²) in [6.07, 6.45) is 0.385. The van der Waals surface area contributed by atoms with Crippen molar-refractivity contribution in [2.24, 2.45) is 5.92 Å². The lowest BCUT2D eigenvalue weighted by atomic mass is 9.94. The lowest BCUT2D eigenvalue weighted by molar-refractivity contribution is -0.132. The van der Waals surface area contributed by atoms with Gasteiger partial charge in [0, 0.05) is 18.9 Å². The number of hydrogen-bond donors (Lipinski definition) is 1. The molecule has 0 aromatic rings. The van der Waals surface area contributed by atoms with Gasteiger partial charge in [-0.25, -0.2) is 0 Å². The molecule has 1 aliphatic heterocycles. The standard InChI is InChI=1S/C10H18O4/c1-2-13-7-9(11)5-8-6-14-4-3-10(8)12/h8-9,11H,2-7H2,1H3. The predicted octanol–water partition coefficient (Wildman–Crippen LogP) is 0.379. The van der Waals surface area contributed by atoms with Gasteiger partial charge in [0.2, 0.25) is 0 Å². The summed E-state index contributed by atoms with van der Waals surface area (Å²) >= 11 is 0. The maximum Gasteiger partial charge on any atom is 0.140 e.